The molecule has 0 spiro atoms. The van der Waals surface area contributed by atoms with Crippen LogP contribution in [0, 0.1) is 0 Å². The summed E-state index contributed by atoms with van der Waals surface area (Å²) in [7, 11) is 1.21. The lowest BCUT2D eigenvalue weighted by Gasteiger charge is -2.04. The Morgan fingerprint density at radius 1 is 1.47 bits per heavy atom. The van der Waals surface area contributed by atoms with E-state index >= 15 is 0 Å². The van der Waals surface area contributed by atoms with Gasteiger partial charge < -0.3 is 10.1 Å². The van der Waals surface area contributed by atoms with Crippen molar-refractivity contribution in [1.29, 1.82) is 0 Å². The van der Waals surface area contributed by atoms with E-state index in [2.05, 4.69) is 21.6 Å². The fourth-order valence-electron chi connectivity index (χ4n) is 0.872. The molecule has 1 aromatic rings. The van der Waals surface area contributed by atoms with Gasteiger partial charge in [-0.05, 0) is 12.1 Å². The van der Waals surface area contributed by atoms with E-state index in [1.165, 1.54) is 19.4 Å². The molecule has 0 radical (unpaired) electrons. The fourth-order valence-corrected chi connectivity index (χ4v) is 0.872. The molecule has 1 aromatic heterocycles. The molecule has 0 unspecified atom stereocenters. The zero-order chi connectivity index (χ0) is 11.3. The van der Waals surface area contributed by atoms with E-state index < -0.39 is 11.9 Å². The summed E-state index contributed by atoms with van der Waals surface area (Å²) in [5.41, 5.74) is 0.0932. The minimum atomic E-state index is -0.681. The van der Waals surface area contributed by atoms with Gasteiger partial charge in [0.1, 0.15) is 11.4 Å². The number of aromatic nitrogens is 1. The predicted molar refractivity (Wildman–Crippen MR) is 52.9 cm³/mol. The molecule has 0 bridgehead atoms. The monoisotopic (exact) mass is 206 g/mol. The van der Waals surface area contributed by atoms with Crippen LogP contribution in [0.1, 0.15) is 10.5 Å². The largest absolute Gasteiger partial charge is 0.464 e. The molecule has 0 saturated heterocycles. The van der Waals surface area contributed by atoms with Gasteiger partial charge in [-0.1, -0.05) is 12.6 Å². The Morgan fingerprint density at radius 3 is 2.73 bits per heavy atom. The molecule has 0 saturated carbocycles. The second-order valence-electron chi connectivity index (χ2n) is 2.64. The number of ether oxygens (including phenoxy) is 1. The molecule has 0 aliphatic heterocycles. The van der Waals surface area contributed by atoms with Gasteiger partial charge in [-0.2, -0.15) is 0 Å². The molecule has 5 nitrogen and oxygen atoms in total. The van der Waals surface area contributed by atoms with Crippen LogP contribution in [0.2, 0.25) is 0 Å². The van der Waals surface area contributed by atoms with Gasteiger partial charge in [0.2, 0.25) is 0 Å². The highest BCUT2D eigenvalue weighted by molar-refractivity contribution is 5.99. The number of methoxy groups -OCH3 is 1. The Hall–Kier alpha value is -2.17. The molecule has 1 heterocycles. The lowest BCUT2D eigenvalue weighted by Crippen LogP contribution is -2.27. The summed E-state index contributed by atoms with van der Waals surface area (Å²) in [6.45, 7) is 3.36. The second kappa shape index (κ2) is 4.90. The van der Waals surface area contributed by atoms with E-state index in [-0.39, 0.29) is 11.4 Å². The number of esters is 1. The number of amides is 1. The number of nitrogens with one attached hydrogen (secondary N) is 1. The predicted octanol–water partition coefficient (Wildman–Crippen LogP) is 0.498. The second-order valence-corrected chi connectivity index (χ2v) is 2.64. The van der Waals surface area contributed by atoms with Crippen molar-refractivity contribution in [2.24, 2.45) is 0 Å². The third-order valence-corrected chi connectivity index (χ3v) is 1.59. The van der Waals surface area contributed by atoms with Crippen molar-refractivity contribution in [3.05, 3.63) is 42.4 Å². The van der Waals surface area contributed by atoms with Crippen LogP contribution in [0.25, 0.3) is 0 Å². The van der Waals surface area contributed by atoms with Crippen molar-refractivity contribution in [3.63, 3.8) is 0 Å². The van der Waals surface area contributed by atoms with Crippen molar-refractivity contribution >= 4 is 11.9 Å². The lowest BCUT2D eigenvalue weighted by atomic mass is 10.3. The number of nitrogens with zero attached hydrogens (tertiary/aromatic N) is 1. The third-order valence-electron chi connectivity index (χ3n) is 1.59. The molecule has 0 fully saturated rings. The summed E-state index contributed by atoms with van der Waals surface area (Å²) in [5.74, 6) is -1.18. The lowest BCUT2D eigenvalue weighted by molar-refractivity contribution is -0.136. The van der Waals surface area contributed by atoms with Gasteiger partial charge >= 0.3 is 5.97 Å². The molecule has 1 N–H and O–H groups in total. The van der Waals surface area contributed by atoms with Gasteiger partial charge in [0.15, 0.2) is 0 Å². The zero-order valence-corrected chi connectivity index (χ0v) is 8.19. The van der Waals surface area contributed by atoms with Crippen LogP contribution >= 0.6 is 0 Å². The first-order valence-electron chi connectivity index (χ1n) is 4.14. The summed E-state index contributed by atoms with van der Waals surface area (Å²) in [6, 6.07) is 4.88. The number of pyridine rings is 1. The first kappa shape index (κ1) is 10.9. The number of carbonyl (C=O) groups is 2. The van der Waals surface area contributed by atoms with E-state index in [9.17, 15) is 9.59 Å². The molecule has 0 atom stereocenters. The van der Waals surface area contributed by atoms with E-state index in [0.29, 0.717) is 0 Å². The maximum absolute atomic E-state index is 11.4. The smallest absolute Gasteiger partial charge is 0.353 e. The molecular weight excluding hydrogens is 196 g/mol. The van der Waals surface area contributed by atoms with Gasteiger partial charge in [-0.3, -0.25) is 9.78 Å². The topological polar surface area (TPSA) is 68.3 Å². The Balaban J connectivity index is 2.65. The summed E-state index contributed by atoms with van der Waals surface area (Å²) < 4.78 is 4.38. The van der Waals surface area contributed by atoms with Crippen LogP contribution in [0.5, 0.6) is 0 Å². The van der Waals surface area contributed by atoms with Crippen LogP contribution in [-0.2, 0) is 9.53 Å². The molecule has 78 valence electrons. The fraction of sp³-hybridized carbons (Fsp3) is 0.100. The minimum Gasteiger partial charge on any atom is -0.464 e. The molecule has 0 aromatic carbocycles. The highest BCUT2D eigenvalue weighted by Gasteiger charge is 2.12. The van der Waals surface area contributed by atoms with Crippen molar-refractivity contribution in [2.45, 2.75) is 0 Å². The molecule has 0 aliphatic carbocycles. The van der Waals surface area contributed by atoms with Crippen LogP contribution < -0.4 is 5.32 Å². The van der Waals surface area contributed by atoms with Gasteiger partial charge in [-0.15, -0.1) is 0 Å². The first-order chi connectivity index (χ1) is 7.15. The zero-order valence-electron chi connectivity index (χ0n) is 8.19. The quantitative estimate of drug-likeness (QED) is 0.577. The summed E-state index contributed by atoms with van der Waals surface area (Å²) in [6.07, 6.45) is 1.48. The maximum atomic E-state index is 11.4. The Labute approximate surface area is 86.8 Å². The first-order valence-corrected chi connectivity index (χ1v) is 4.14. The molecule has 0 aliphatic rings. The van der Waals surface area contributed by atoms with Gasteiger partial charge in [-0.25, -0.2) is 4.79 Å². The van der Waals surface area contributed by atoms with Crippen LogP contribution in [0.15, 0.2) is 36.7 Å². The Morgan fingerprint density at radius 2 is 2.20 bits per heavy atom. The van der Waals surface area contributed by atoms with Crippen molar-refractivity contribution in [3.8, 4) is 0 Å². The summed E-state index contributed by atoms with van der Waals surface area (Å²) >= 11 is 0. The number of rotatable bonds is 3. The normalized spacial score (nSPS) is 9.13. The Kier molecular flexibility index (Phi) is 3.56. The molecule has 1 rings (SSSR count). The minimum absolute atomic E-state index is 0.117. The average molecular weight is 206 g/mol. The number of hydrogen-bond donors (Lipinski definition) is 1. The number of hydrogen-bond acceptors (Lipinski definition) is 4. The van der Waals surface area contributed by atoms with Crippen LogP contribution in [0.3, 0.4) is 0 Å². The highest BCUT2D eigenvalue weighted by Crippen LogP contribution is 1.96. The summed E-state index contributed by atoms with van der Waals surface area (Å²) in [5, 5.41) is 2.28. The van der Waals surface area contributed by atoms with Gasteiger partial charge in [0, 0.05) is 6.20 Å². The highest BCUT2D eigenvalue weighted by atomic mass is 16.5. The van der Waals surface area contributed by atoms with Gasteiger partial charge in [0.25, 0.3) is 5.91 Å². The SMILES string of the molecule is C=C(NC(=O)c1ccccn1)C(=O)OC. The van der Waals surface area contributed by atoms with Gasteiger partial charge in [0.05, 0.1) is 7.11 Å². The average Bonchev–Trinajstić information content (AvgIpc) is 2.29. The van der Waals surface area contributed by atoms with E-state index in [0.717, 1.165) is 0 Å². The standard InChI is InChI=1S/C10H10N2O3/c1-7(10(14)15-2)12-9(13)8-5-3-4-6-11-8/h3-6H,1H2,2H3,(H,12,13). The third kappa shape index (κ3) is 2.91. The van der Waals surface area contributed by atoms with E-state index in [1.54, 1.807) is 12.1 Å². The molecule has 1 amide bonds. The Bertz CT molecular complexity index is 387. The summed E-state index contributed by atoms with van der Waals surface area (Å²) in [4.78, 5) is 26.2. The van der Waals surface area contributed by atoms with Crippen LogP contribution in [0.4, 0.5) is 0 Å². The van der Waals surface area contributed by atoms with Crippen LogP contribution in [-0.4, -0.2) is 24.0 Å². The molecular formula is C10H10N2O3. The number of carbonyl (C=O) groups excluding carboxylic acids is 2. The van der Waals surface area contributed by atoms with E-state index in [4.69, 9.17) is 0 Å². The molecule has 15 heavy (non-hydrogen) atoms. The van der Waals surface area contributed by atoms with E-state index in [1.807, 2.05) is 0 Å². The van der Waals surface area contributed by atoms with Crippen molar-refractivity contribution in [2.75, 3.05) is 7.11 Å². The maximum Gasteiger partial charge on any atom is 0.353 e. The van der Waals surface area contributed by atoms with Crippen molar-refractivity contribution < 1.29 is 14.3 Å². The molecule has 5 heteroatoms. The van der Waals surface area contributed by atoms with Crippen molar-refractivity contribution in [1.82, 2.24) is 10.3 Å².